The monoisotopic (exact) mass is 142 g/mol. The molecule has 0 aliphatic carbocycles. The van der Waals surface area contributed by atoms with E-state index in [1.54, 1.807) is 0 Å². The first kappa shape index (κ1) is 6.62. The number of ether oxygens (including phenoxy) is 2. The molecule has 2 heterocycles. The summed E-state index contributed by atoms with van der Waals surface area (Å²) in [6, 6.07) is 0. The van der Waals surface area contributed by atoms with Crippen LogP contribution in [-0.4, -0.2) is 24.9 Å². The fourth-order valence-corrected chi connectivity index (χ4v) is 1.60. The summed E-state index contributed by atoms with van der Waals surface area (Å²) in [5.74, 6) is 0. The summed E-state index contributed by atoms with van der Waals surface area (Å²) in [5.41, 5.74) is 0. The van der Waals surface area contributed by atoms with E-state index in [4.69, 9.17) is 9.47 Å². The molecule has 2 fully saturated rings. The number of epoxide rings is 1. The molecule has 0 saturated carbocycles. The van der Waals surface area contributed by atoms with E-state index >= 15 is 0 Å². The predicted octanol–water partition coefficient (Wildman–Crippen LogP) is 1.34. The molecule has 2 heteroatoms. The maximum Gasteiger partial charge on any atom is 0.0867 e. The highest BCUT2D eigenvalue weighted by Crippen LogP contribution is 2.33. The highest BCUT2D eigenvalue weighted by molar-refractivity contribution is 4.88. The molecule has 2 aliphatic rings. The van der Waals surface area contributed by atoms with Crippen molar-refractivity contribution in [2.24, 2.45) is 0 Å². The Balaban J connectivity index is 1.88. The van der Waals surface area contributed by atoms with Crippen molar-refractivity contribution in [3.63, 3.8) is 0 Å². The summed E-state index contributed by atoms with van der Waals surface area (Å²) in [6.07, 6.45) is 4.94. The third-order valence-corrected chi connectivity index (χ3v) is 2.39. The van der Waals surface area contributed by atoms with Crippen molar-refractivity contribution >= 4 is 0 Å². The second-order valence-corrected chi connectivity index (χ2v) is 3.14. The molecule has 10 heavy (non-hydrogen) atoms. The van der Waals surface area contributed by atoms with Crippen LogP contribution in [0.4, 0.5) is 0 Å². The Hall–Kier alpha value is -0.0800. The number of hydrogen-bond donors (Lipinski definition) is 0. The van der Waals surface area contributed by atoms with Crippen LogP contribution < -0.4 is 0 Å². The molecular weight excluding hydrogens is 128 g/mol. The van der Waals surface area contributed by atoms with Crippen molar-refractivity contribution in [1.29, 1.82) is 0 Å². The molecule has 0 N–H and O–H groups in total. The van der Waals surface area contributed by atoms with Gasteiger partial charge in [-0.25, -0.2) is 0 Å². The molecule has 0 aromatic heterocycles. The smallest absolute Gasteiger partial charge is 0.0867 e. The fourth-order valence-electron chi connectivity index (χ4n) is 1.60. The third-order valence-electron chi connectivity index (χ3n) is 2.39. The number of hydrogen-bond acceptors (Lipinski definition) is 2. The zero-order valence-corrected chi connectivity index (χ0v) is 6.38. The van der Waals surface area contributed by atoms with E-state index in [2.05, 4.69) is 6.92 Å². The molecule has 0 aromatic rings. The van der Waals surface area contributed by atoms with Crippen LogP contribution in [0.15, 0.2) is 0 Å². The van der Waals surface area contributed by atoms with Crippen molar-refractivity contribution in [3.8, 4) is 0 Å². The Morgan fingerprint density at radius 2 is 2.30 bits per heavy atom. The first-order valence-corrected chi connectivity index (χ1v) is 4.17. The van der Waals surface area contributed by atoms with Crippen molar-refractivity contribution in [2.75, 3.05) is 6.61 Å². The van der Waals surface area contributed by atoms with Gasteiger partial charge in [0.1, 0.15) is 0 Å². The van der Waals surface area contributed by atoms with Crippen LogP contribution in [0.3, 0.4) is 0 Å². The Morgan fingerprint density at radius 1 is 1.40 bits per heavy atom. The molecule has 0 bridgehead atoms. The van der Waals surface area contributed by atoms with E-state index in [-0.39, 0.29) is 0 Å². The van der Waals surface area contributed by atoms with Gasteiger partial charge in [-0.05, 0) is 12.8 Å². The maximum atomic E-state index is 5.57. The summed E-state index contributed by atoms with van der Waals surface area (Å²) in [6.45, 7) is 3.08. The van der Waals surface area contributed by atoms with E-state index in [0.29, 0.717) is 18.3 Å². The Labute approximate surface area is 61.5 Å². The molecule has 0 spiro atoms. The van der Waals surface area contributed by atoms with Gasteiger partial charge in [-0.2, -0.15) is 0 Å². The molecule has 0 amide bonds. The van der Waals surface area contributed by atoms with Gasteiger partial charge in [0.05, 0.1) is 18.3 Å². The highest BCUT2D eigenvalue weighted by Gasteiger charge is 2.41. The third kappa shape index (κ3) is 1.18. The molecule has 2 saturated heterocycles. The minimum atomic E-state index is 0.470. The van der Waals surface area contributed by atoms with Gasteiger partial charge in [0.2, 0.25) is 0 Å². The lowest BCUT2D eigenvalue weighted by Crippen LogP contribution is -2.12. The van der Waals surface area contributed by atoms with Gasteiger partial charge in [-0.1, -0.05) is 6.92 Å². The zero-order valence-electron chi connectivity index (χ0n) is 6.38. The average molecular weight is 142 g/mol. The normalized spacial score (nSPS) is 45.9. The molecular formula is C8H14O2. The number of fused-ring (bicyclic) bond motifs is 1. The van der Waals surface area contributed by atoms with Crippen LogP contribution in [0.2, 0.25) is 0 Å². The summed E-state index contributed by atoms with van der Waals surface area (Å²) in [7, 11) is 0. The second kappa shape index (κ2) is 2.51. The maximum absolute atomic E-state index is 5.57. The lowest BCUT2D eigenvalue weighted by atomic mass is 10.1. The summed E-state index contributed by atoms with van der Waals surface area (Å²) >= 11 is 0. The summed E-state index contributed by atoms with van der Waals surface area (Å²) in [5, 5.41) is 0. The minimum Gasteiger partial charge on any atom is -0.378 e. The fraction of sp³-hybridized carbons (Fsp3) is 1.00. The van der Waals surface area contributed by atoms with Crippen molar-refractivity contribution < 1.29 is 9.47 Å². The Kier molecular flexibility index (Phi) is 1.66. The van der Waals surface area contributed by atoms with E-state index in [1.165, 1.54) is 0 Å². The van der Waals surface area contributed by atoms with E-state index < -0.39 is 0 Å². The SMILES string of the molecule is CC[C@H]1C[C@H]2O[C@@H]2CCO1. The van der Waals surface area contributed by atoms with Crippen LogP contribution in [-0.2, 0) is 9.47 Å². The number of rotatable bonds is 1. The van der Waals surface area contributed by atoms with Crippen molar-refractivity contribution in [2.45, 2.75) is 44.5 Å². The van der Waals surface area contributed by atoms with Crippen LogP contribution >= 0.6 is 0 Å². The van der Waals surface area contributed by atoms with E-state index in [1.807, 2.05) is 0 Å². The van der Waals surface area contributed by atoms with Crippen LogP contribution in [0, 0.1) is 0 Å². The van der Waals surface area contributed by atoms with Crippen LogP contribution in [0.5, 0.6) is 0 Å². The first-order valence-electron chi connectivity index (χ1n) is 4.17. The highest BCUT2D eigenvalue weighted by atomic mass is 16.6. The lowest BCUT2D eigenvalue weighted by Gasteiger charge is -2.11. The van der Waals surface area contributed by atoms with Crippen LogP contribution in [0.25, 0.3) is 0 Å². The quantitative estimate of drug-likeness (QED) is 0.515. The topological polar surface area (TPSA) is 21.8 Å². The van der Waals surface area contributed by atoms with Crippen molar-refractivity contribution in [1.82, 2.24) is 0 Å². The summed E-state index contributed by atoms with van der Waals surface area (Å²) < 4.78 is 11.0. The molecule has 2 nitrogen and oxygen atoms in total. The second-order valence-electron chi connectivity index (χ2n) is 3.14. The Morgan fingerprint density at radius 3 is 3.10 bits per heavy atom. The Bertz CT molecular complexity index is 124. The van der Waals surface area contributed by atoms with Gasteiger partial charge in [0, 0.05) is 13.0 Å². The first-order chi connectivity index (χ1) is 4.90. The van der Waals surface area contributed by atoms with Gasteiger partial charge in [-0.15, -0.1) is 0 Å². The van der Waals surface area contributed by atoms with E-state index in [0.717, 1.165) is 25.9 Å². The molecule has 0 aromatic carbocycles. The minimum absolute atomic E-state index is 0.470. The molecule has 3 atom stereocenters. The zero-order chi connectivity index (χ0) is 6.97. The molecule has 0 radical (unpaired) electrons. The standard InChI is InChI=1S/C8H14O2/c1-2-6-5-8-7(10-8)3-4-9-6/h6-8H,2-5H2,1H3/t6-,7+,8+/m0/s1. The molecule has 2 aliphatic heterocycles. The lowest BCUT2D eigenvalue weighted by molar-refractivity contribution is 0.0368. The van der Waals surface area contributed by atoms with Gasteiger partial charge < -0.3 is 9.47 Å². The average Bonchev–Trinajstić information content (AvgIpc) is 2.61. The van der Waals surface area contributed by atoms with Gasteiger partial charge in [0.25, 0.3) is 0 Å². The summed E-state index contributed by atoms with van der Waals surface area (Å²) in [4.78, 5) is 0. The molecule has 2 rings (SSSR count). The van der Waals surface area contributed by atoms with Gasteiger partial charge in [0.15, 0.2) is 0 Å². The van der Waals surface area contributed by atoms with Crippen LogP contribution in [0.1, 0.15) is 26.2 Å². The van der Waals surface area contributed by atoms with Crippen molar-refractivity contribution in [3.05, 3.63) is 0 Å². The van der Waals surface area contributed by atoms with Gasteiger partial charge in [-0.3, -0.25) is 0 Å². The van der Waals surface area contributed by atoms with Gasteiger partial charge >= 0.3 is 0 Å². The van der Waals surface area contributed by atoms with E-state index in [9.17, 15) is 0 Å². The predicted molar refractivity (Wildman–Crippen MR) is 37.9 cm³/mol. The molecule has 0 unspecified atom stereocenters. The molecule has 58 valence electrons. The largest absolute Gasteiger partial charge is 0.378 e.